The van der Waals surface area contributed by atoms with Crippen LogP contribution in [0.2, 0.25) is 0 Å². The molecule has 1 aromatic heterocycles. The summed E-state index contributed by atoms with van der Waals surface area (Å²) in [6.07, 6.45) is 0. The summed E-state index contributed by atoms with van der Waals surface area (Å²) in [5.41, 5.74) is 2.24. The van der Waals surface area contributed by atoms with Crippen LogP contribution in [0.15, 0.2) is 65.7 Å². The van der Waals surface area contributed by atoms with Crippen LogP contribution in [0.4, 0.5) is 0 Å². The van der Waals surface area contributed by atoms with Gasteiger partial charge in [-0.1, -0.05) is 36.4 Å². The lowest BCUT2D eigenvalue weighted by Crippen LogP contribution is -2.39. The van der Waals surface area contributed by atoms with Crippen LogP contribution < -0.4 is 15.4 Å². The Hall–Kier alpha value is -2.22. The number of nitrogens with one attached hydrogen (secondary N) is 3. The maximum atomic E-state index is 5.69. The first-order valence-electron chi connectivity index (χ1n) is 8.62. The molecular formula is C20H25IN4O. The molecule has 3 aromatic rings. The number of hydrogen-bond donors (Lipinski definition) is 3. The van der Waals surface area contributed by atoms with Crippen LogP contribution in [0.25, 0.3) is 10.9 Å². The first-order valence-corrected chi connectivity index (χ1v) is 8.62. The third-order valence-corrected chi connectivity index (χ3v) is 3.74. The molecule has 0 radical (unpaired) electrons. The number of rotatable bonds is 7. The Bertz CT molecular complexity index is 784. The van der Waals surface area contributed by atoms with E-state index < -0.39 is 0 Å². The van der Waals surface area contributed by atoms with Crippen molar-refractivity contribution in [2.45, 2.75) is 13.5 Å². The third kappa shape index (κ3) is 5.94. The van der Waals surface area contributed by atoms with E-state index in [1.165, 1.54) is 5.39 Å². The number of benzene rings is 2. The average molecular weight is 464 g/mol. The highest BCUT2D eigenvalue weighted by Crippen LogP contribution is 2.15. The van der Waals surface area contributed by atoms with Gasteiger partial charge in [0.05, 0.1) is 13.1 Å². The molecule has 0 unspecified atom stereocenters. The maximum absolute atomic E-state index is 5.69. The minimum absolute atomic E-state index is 0. The van der Waals surface area contributed by atoms with Crippen LogP contribution in [0, 0.1) is 0 Å². The summed E-state index contributed by atoms with van der Waals surface area (Å²) in [7, 11) is 0. The van der Waals surface area contributed by atoms with Crippen LogP contribution in [0.3, 0.4) is 0 Å². The van der Waals surface area contributed by atoms with Crippen molar-refractivity contribution in [3.63, 3.8) is 0 Å². The molecule has 0 aliphatic carbocycles. The van der Waals surface area contributed by atoms with E-state index in [4.69, 9.17) is 4.74 Å². The molecule has 0 atom stereocenters. The average Bonchev–Trinajstić information content (AvgIpc) is 3.07. The number of guanidine groups is 1. The number of aromatic nitrogens is 1. The predicted octanol–water partition coefficient (Wildman–Crippen LogP) is 3.92. The smallest absolute Gasteiger partial charge is 0.191 e. The highest BCUT2D eigenvalue weighted by molar-refractivity contribution is 14.0. The number of halogens is 1. The zero-order valence-electron chi connectivity index (χ0n) is 14.9. The molecule has 0 spiro atoms. The Morgan fingerprint density at radius 3 is 2.58 bits per heavy atom. The molecule has 0 aliphatic heterocycles. The number of fused-ring (bicyclic) bond motifs is 1. The quantitative estimate of drug-likeness (QED) is 0.215. The molecule has 0 aliphatic rings. The molecule has 0 amide bonds. The standard InChI is InChI=1S/C20H24N4O.HI/c1-2-21-20(22-12-13-25-18-9-4-3-5-10-18)23-15-17-14-16-8-6-7-11-19(16)24-17;/h3-11,14,24H,2,12-13,15H2,1H3,(H2,21,22,23);1H. The zero-order valence-corrected chi connectivity index (χ0v) is 17.2. The summed E-state index contributed by atoms with van der Waals surface area (Å²) in [5.74, 6) is 1.67. The minimum atomic E-state index is 0. The van der Waals surface area contributed by atoms with E-state index in [-0.39, 0.29) is 24.0 Å². The fraction of sp³-hybridized carbons (Fsp3) is 0.250. The van der Waals surface area contributed by atoms with Crippen LogP contribution in [-0.2, 0) is 6.54 Å². The number of aromatic amines is 1. The van der Waals surface area contributed by atoms with Gasteiger partial charge in [0.25, 0.3) is 0 Å². The highest BCUT2D eigenvalue weighted by atomic mass is 127. The Morgan fingerprint density at radius 1 is 1.04 bits per heavy atom. The van der Waals surface area contributed by atoms with Crippen LogP contribution in [-0.4, -0.2) is 30.6 Å². The van der Waals surface area contributed by atoms with Crippen molar-refractivity contribution in [3.8, 4) is 5.75 Å². The molecule has 6 heteroatoms. The molecule has 3 N–H and O–H groups in total. The van der Waals surface area contributed by atoms with Gasteiger partial charge in [0.2, 0.25) is 0 Å². The molecule has 5 nitrogen and oxygen atoms in total. The number of aliphatic imine (C=N–C) groups is 1. The van der Waals surface area contributed by atoms with Crippen molar-refractivity contribution in [1.29, 1.82) is 0 Å². The van der Waals surface area contributed by atoms with E-state index in [1.54, 1.807) is 0 Å². The predicted molar refractivity (Wildman–Crippen MR) is 118 cm³/mol. The van der Waals surface area contributed by atoms with Gasteiger partial charge in [-0.25, -0.2) is 4.99 Å². The largest absolute Gasteiger partial charge is 0.492 e. The summed E-state index contributed by atoms with van der Waals surface area (Å²) in [4.78, 5) is 8.03. The second-order valence-electron chi connectivity index (χ2n) is 5.67. The minimum Gasteiger partial charge on any atom is -0.492 e. The second kappa shape index (κ2) is 10.7. The van der Waals surface area contributed by atoms with Crippen molar-refractivity contribution in [2.75, 3.05) is 19.7 Å². The van der Waals surface area contributed by atoms with E-state index in [9.17, 15) is 0 Å². The first-order chi connectivity index (χ1) is 12.3. The molecule has 1 heterocycles. The van der Waals surface area contributed by atoms with Crippen LogP contribution >= 0.6 is 24.0 Å². The SMILES string of the molecule is CCNC(=NCc1cc2ccccc2[nH]1)NCCOc1ccccc1.I. The molecule has 0 fully saturated rings. The Balaban J connectivity index is 0.00000243. The molecular weight excluding hydrogens is 439 g/mol. The van der Waals surface area contributed by atoms with E-state index >= 15 is 0 Å². The molecule has 2 aromatic carbocycles. The van der Waals surface area contributed by atoms with Gasteiger partial charge in [-0.3, -0.25) is 0 Å². The fourth-order valence-electron chi connectivity index (χ4n) is 2.58. The number of hydrogen-bond acceptors (Lipinski definition) is 2. The van der Waals surface area contributed by atoms with Crippen molar-refractivity contribution in [2.24, 2.45) is 4.99 Å². The molecule has 0 saturated carbocycles. The first kappa shape index (κ1) is 20.1. The van der Waals surface area contributed by atoms with Gasteiger partial charge in [0, 0.05) is 17.8 Å². The molecule has 0 saturated heterocycles. The summed E-state index contributed by atoms with van der Waals surface area (Å²) >= 11 is 0. The Kier molecular flexibility index (Phi) is 8.27. The van der Waals surface area contributed by atoms with Crippen molar-refractivity contribution >= 4 is 40.8 Å². The molecule has 0 bridgehead atoms. The van der Waals surface area contributed by atoms with Crippen LogP contribution in [0.1, 0.15) is 12.6 Å². The lowest BCUT2D eigenvalue weighted by molar-refractivity contribution is 0.322. The second-order valence-corrected chi connectivity index (χ2v) is 5.67. The molecule has 3 rings (SSSR count). The molecule has 138 valence electrons. The monoisotopic (exact) mass is 464 g/mol. The van der Waals surface area contributed by atoms with Crippen LogP contribution in [0.5, 0.6) is 5.75 Å². The van der Waals surface area contributed by atoms with E-state index in [1.807, 2.05) is 42.5 Å². The summed E-state index contributed by atoms with van der Waals surface area (Å²) in [6, 6.07) is 20.2. The topological polar surface area (TPSA) is 61.4 Å². The van der Waals surface area contributed by atoms with E-state index in [2.05, 4.69) is 45.7 Å². The van der Waals surface area contributed by atoms with Gasteiger partial charge in [-0.15, -0.1) is 24.0 Å². The van der Waals surface area contributed by atoms with Gasteiger partial charge in [0.15, 0.2) is 5.96 Å². The van der Waals surface area contributed by atoms with Gasteiger partial charge < -0.3 is 20.4 Å². The fourth-order valence-corrected chi connectivity index (χ4v) is 2.58. The maximum Gasteiger partial charge on any atom is 0.191 e. The zero-order chi connectivity index (χ0) is 17.3. The highest BCUT2D eigenvalue weighted by Gasteiger charge is 2.01. The lowest BCUT2D eigenvalue weighted by atomic mass is 10.2. The normalized spacial score (nSPS) is 11.0. The van der Waals surface area contributed by atoms with Crippen molar-refractivity contribution in [1.82, 2.24) is 15.6 Å². The number of nitrogens with zero attached hydrogens (tertiary/aromatic N) is 1. The van der Waals surface area contributed by atoms with Gasteiger partial charge in [-0.2, -0.15) is 0 Å². The van der Waals surface area contributed by atoms with Crippen molar-refractivity contribution in [3.05, 3.63) is 66.4 Å². The Labute approximate surface area is 171 Å². The summed E-state index contributed by atoms with van der Waals surface area (Å²) in [6.45, 7) is 4.75. The number of H-pyrrole nitrogens is 1. The Morgan fingerprint density at radius 2 is 1.81 bits per heavy atom. The lowest BCUT2D eigenvalue weighted by Gasteiger charge is -2.11. The van der Waals surface area contributed by atoms with Gasteiger partial charge >= 0.3 is 0 Å². The van der Waals surface area contributed by atoms with Crippen molar-refractivity contribution < 1.29 is 4.74 Å². The molecule has 26 heavy (non-hydrogen) atoms. The van der Waals surface area contributed by atoms with Gasteiger partial charge in [0.1, 0.15) is 12.4 Å². The third-order valence-electron chi connectivity index (χ3n) is 3.74. The van der Waals surface area contributed by atoms with Gasteiger partial charge in [-0.05, 0) is 36.6 Å². The van der Waals surface area contributed by atoms with E-state index in [0.717, 1.165) is 29.5 Å². The van der Waals surface area contributed by atoms with E-state index in [0.29, 0.717) is 19.7 Å². The number of para-hydroxylation sites is 2. The number of ether oxygens (including phenoxy) is 1. The summed E-state index contributed by atoms with van der Waals surface area (Å²) in [5, 5.41) is 7.76. The summed E-state index contributed by atoms with van der Waals surface area (Å²) < 4.78 is 5.69.